The minimum absolute atomic E-state index is 0.0510. The smallest absolute Gasteiger partial charge is 0.127 e. The highest BCUT2D eigenvalue weighted by Gasteiger charge is 2.19. The molecule has 4 nitrogen and oxygen atoms in total. The number of rotatable bonds is 4. The zero-order valence-corrected chi connectivity index (χ0v) is 12.6. The third-order valence-corrected chi connectivity index (χ3v) is 2.86. The molecule has 20 heavy (non-hydrogen) atoms. The van der Waals surface area contributed by atoms with E-state index in [1.165, 1.54) is 0 Å². The second kappa shape index (κ2) is 6.44. The van der Waals surface area contributed by atoms with Crippen molar-refractivity contribution < 1.29 is 5.11 Å². The molecule has 4 heteroatoms. The summed E-state index contributed by atoms with van der Waals surface area (Å²) in [7, 11) is 0. The standard InChI is InChI=1S/C16H23N3O/c1-6-7-13(9-8-12(2)11-20)19-15(17)10-14(18-19)16(3,4)5/h1,7-10,12,20H,11,17H2,2-5H3/b9-8-,13-7+. The zero-order valence-electron chi connectivity index (χ0n) is 12.6. The molecule has 1 aromatic heterocycles. The summed E-state index contributed by atoms with van der Waals surface area (Å²) in [5.41, 5.74) is 7.55. The van der Waals surface area contributed by atoms with Crippen molar-refractivity contribution >= 4 is 11.5 Å². The van der Waals surface area contributed by atoms with Crippen LogP contribution in [0.3, 0.4) is 0 Å². The summed E-state index contributed by atoms with van der Waals surface area (Å²) in [6.07, 6.45) is 10.7. The first-order valence-corrected chi connectivity index (χ1v) is 6.61. The van der Waals surface area contributed by atoms with E-state index in [1.54, 1.807) is 10.8 Å². The van der Waals surface area contributed by atoms with Crippen LogP contribution >= 0.6 is 0 Å². The summed E-state index contributed by atoms with van der Waals surface area (Å²) in [5, 5.41) is 13.6. The Hall–Kier alpha value is -1.99. The summed E-state index contributed by atoms with van der Waals surface area (Å²) < 4.78 is 1.63. The number of allylic oxidation sites excluding steroid dienone is 3. The molecule has 1 unspecified atom stereocenters. The monoisotopic (exact) mass is 273 g/mol. The molecule has 0 aliphatic heterocycles. The molecule has 0 aliphatic carbocycles. The van der Waals surface area contributed by atoms with Crippen LogP contribution in [0.15, 0.2) is 24.3 Å². The maximum atomic E-state index is 9.06. The molecule has 3 N–H and O–H groups in total. The van der Waals surface area contributed by atoms with Crippen LogP contribution in [0.5, 0.6) is 0 Å². The molecule has 1 aromatic rings. The average Bonchev–Trinajstić information content (AvgIpc) is 2.76. The van der Waals surface area contributed by atoms with Crippen LogP contribution in [0.4, 0.5) is 5.82 Å². The Balaban J connectivity index is 3.18. The lowest BCUT2D eigenvalue weighted by Crippen LogP contribution is -2.12. The number of aromatic nitrogens is 2. The molecule has 0 bridgehead atoms. The van der Waals surface area contributed by atoms with Gasteiger partial charge in [0.2, 0.25) is 0 Å². The first-order valence-electron chi connectivity index (χ1n) is 6.61. The minimum Gasteiger partial charge on any atom is -0.396 e. The van der Waals surface area contributed by atoms with Crippen molar-refractivity contribution in [3.05, 3.63) is 30.0 Å². The van der Waals surface area contributed by atoms with Gasteiger partial charge in [0.1, 0.15) is 5.82 Å². The van der Waals surface area contributed by atoms with Gasteiger partial charge in [0.15, 0.2) is 0 Å². The second-order valence-electron chi connectivity index (χ2n) is 5.87. The molecule has 0 spiro atoms. The largest absolute Gasteiger partial charge is 0.396 e. The highest BCUT2D eigenvalue weighted by Crippen LogP contribution is 2.24. The van der Waals surface area contributed by atoms with E-state index in [0.717, 1.165) is 5.69 Å². The Kier molecular flexibility index (Phi) is 5.18. The number of terminal acetylenes is 1. The van der Waals surface area contributed by atoms with Crippen molar-refractivity contribution in [1.82, 2.24) is 9.78 Å². The molecule has 0 saturated carbocycles. The van der Waals surface area contributed by atoms with Gasteiger partial charge in [0.05, 0.1) is 11.4 Å². The van der Waals surface area contributed by atoms with E-state index in [2.05, 4.69) is 31.8 Å². The number of nitrogens with zero attached hydrogens (tertiary/aromatic N) is 2. The van der Waals surface area contributed by atoms with Crippen LogP contribution in [0.25, 0.3) is 5.70 Å². The molecule has 0 aromatic carbocycles. The second-order valence-corrected chi connectivity index (χ2v) is 5.87. The quantitative estimate of drug-likeness (QED) is 0.654. The Labute approximate surface area is 121 Å². The van der Waals surface area contributed by atoms with Gasteiger partial charge in [0, 0.05) is 24.2 Å². The van der Waals surface area contributed by atoms with Gasteiger partial charge in [-0.3, -0.25) is 0 Å². The number of aliphatic hydroxyl groups excluding tert-OH is 1. The number of hydrogen-bond acceptors (Lipinski definition) is 3. The van der Waals surface area contributed by atoms with Gasteiger partial charge in [-0.2, -0.15) is 5.10 Å². The molecule has 0 saturated heterocycles. The maximum absolute atomic E-state index is 9.06. The van der Waals surface area contributed by atoms with E-state index in [4.69, 9.17) is 17.3 Å². The topological polar surface area (TPSA) is 64.1 Å². The summed E-state index contributed by atoms with van der Waals surface area (Å²) in [4.78, 5) is 0. The van der Waals surface area contributed by atoms with Gasteiger partial charge >= 0.3 is 0 Å². The summed E-state index contributed by atoms with van der Waals surface area (Å²) >= 11 is 0. The fraction of sp³-hybridized carbons (Fsp3) is 0.438. The van der Waals surface area contributed by atoms with Gasteiger partial charge < -0.3 is 10.8 Å². The Morgan fingerprint density at radius 1 is 1.60 bits per heavy atom. The van der Waals surface area contributed by atoms with E-state index in [9.17, 15) is 0 Å². The third-order valence-electron chi connectivity index (χ3n) is 2.86. The molecule has 108 valence electrons. The van der Waals surface area contributed by atoms with E-state index in [1.807, 2.05) is 25.1 Å². The van der Waals surface area contributed by atoms with Gasteiger partial charge in [-0.15, -0.1) is 6.42 Å². The van der Waals surface area contributed by atoms with Crippen molar-refractivity contribution in [3.63, 3.8) is 0 Å². The third kappa shape index (κ3) is 4.01. The Morgan fingerprint density at radius 2 is 2.25 bits per heavy atom. The van der Waals surface area contributed by atoms with Crippen molar-refractivity contribution in [3.8, 4) is 12.3 Å². The summed E-state index contributed by atoms with van der Waals surface area (Å²) in [6, 6.07) is 1.85. The van der Waals surface area contributed by atoms with E-state index in [0.29, 0.717) is 11.5 Å². The lowest BCUT2D eigenvalue weighted by Gasteiger charge is -2.14. The summed E-state index contributed by atoms with van der Waals surface area (Å²) in [6.45, 7) is 8.23. The summed E-state index contributed by atoms with van der Waals surface area (Å²) in [5.74, 6) is 3.08. The number of nitrogens with two attached hydrogens (primary N) is 1. The van der Waals surface area contributed by atoms with Crippen LogP contribution in [-0.4, -0.2) is 21.5 Å². The van der Waals surface area contributed by atoms with Crippen molar-refractivity contribution in [2.24, 2.45) is 5.92 Å². The van der Waals surface area contributed by atoms with E-state index < -0.39 is 0 Å². The Morgan fingerprint density at radius 3 is 2.70 bits per heavy atom. The molecule has 1 rings (SSSR count). The zero-order chi connectivity index (χ0) is 15.3. The average molecular weight is 273 g/mol. The number of hydrogen-bond donors (Lipinski definition) is 2. The molecule has 0 fully saturated rings. The van der Waals surface area contributed by atoms with Crippen molar-refractivity contribution in [2.45, 2.75) is 33.1 Å². The normalized spacial score (nSPS) is 14.5. The molecule has 1 atom stereocenters. The lowest BCUT2D eigenvalue weighted by atomic mass is 9.92. The first kappa shape index (κ1) is 16.1. The molecule has 0 amide bonds. The number of anilines is 1. The predicted octanol–water partition coefficient (Wildman–Crippen LogP) is 2.42. The fourth-order valence-corrected chi connectivity index (χ4v) is 1.56. The van der Waals surface area contributed by atoms with Crippen LogP contribution in [-0.2, 0) is 5.41 Å². The van der Waals surface area contributed by atoms with Gasteiger partial charge in [-0.25, -0.2) is 4.68 Å². The van der Waals surface area contributed by atoms with Crippen molar-refractivity contribution in [2.75, 3.05) is 12.3 Å². The van der Waals surface area contributed by atoms with Crippen molar-refractivity contribution in [1.29, 1.82) is 0 Å². The van der Waals surface area contributed by atoms with Crippen LogP contribution in [0, 0.1) is 18.3 Å². The molecule has 0 aliphatic rings. The predicted molar refractivity (Wildman–Crippen MR) is 83.8 cm³/mol. The van der Waals surface area contributed by atoms with Gasteiger partial charge in [-0.1, -0.05) is 39.7 Å². The molecular weight excluding hydrogens is 250 g/mol. The molecule has 0 radical (unpaired) electrons. The van der Waals surface area contributed by atoms with Crippen LogP contribution in [0.1, 0.15) is 33.4 Å². The number of aliphatic hydroxyl groups is 1. The van der Waals surface area contributed by atoms with E-state index >= 15 is 0 Å². The van der Waals surface area contributed by atoms with Gasteiger partial charge in [0.25, 0.3) is 0 Å². The number of nitrogen functional groups attached to an aromatic ring is 1. The van der Waals surface area contributed by atoms with Crippen LogP contribution in [0.2, 0.25) is 0 Å². The first-order chi connectivity index (χ1) is 9.29. The molecule has 1 heterocycles. The Bertz CT molecular complexity index is 553. The van der Waals surface area contributed by atoms with Gasteiger partial charge in [-0.05, 0) is 12.0 Å². The molecular formula is C16H23N3O. The van der Waals surface area contributed by atoms with E-state index in [-0.39, 0.29) is 17.9 Å². The maximum Gasteiger partial charge on any atom is 0.127 e. The SMILES string of the molecule is C#C/C=C(\C=C/C(C)CO)n1nc(C(C)(C)C)cc1N. The lowest BCUT2D eigenvalue weighted by molar-refractivity contribution is 0.262. The fourth-order valence-electron chi connectivity index (χ4n) is 1.56. The highest BCUT2D eigenvalue weighted by atomic mass is 16.3. The van der Waals surface area contributed by atoms with Crippen LogP contribution < -0.4 is 5.73 Å². The highest BCUT2D eigenvalue weighted by molar-refractivity contribution is 5.63. The minimum atomic E-state index is -0.0806.